The minimum atomic E-state index is -0.954. The summed E-state index contributed by atoms with van der Waals surface area (Å²) >= 11 is 0. The molecule has 4 nitrogen and oxygen atoms in total. The average molecular weight is 285 g/mol. The van der Waals surface area contributed by atoms with E-state index in [1.807, 2.05) is 24.3 Å². The highest BCUT2D eigenvalue weighted by atomic mass is 16.5. The van der Waals surface area contributed by atoms with Crippen LogP contribution in [0.15, 0.2) is 36.4 Å². The molecule has 0 amide bonds. The van der Waals surface area contributed by atoms with Crippen LogP contribution in [0.2, 0.25) is 0 Å². The molecule has 2 N–H and O–H groups in total. The van der Waals surface area contributed by atoms with Crippen LogP contribution in [0.25, 0.3) is 10.8 Å². The van der Waals surface area contributed by atoms with Crippen LogP contribution < -0.4 is 10.1 Å². The molecule has 1 atom stereocenters. The van der Waals surface area contributed by atoms with Crippen LogP contribution in [0.3, 0.4) is 0 Å². The normalized spacial score (nSPS) is 15.9. The fourth-order valence-corrected chi connectivity index (χ4v) is 2.38. The highest BCUT2D eigenvalue weighted by Crippen LogP contribution is 2.30. The highest BCUT2D eigenvalue weighted by molar-refractivity contribution is 5.88. The topological polar surface area (TPSA) is 58.6 Å². The van der Waals surface area contributed by atoms with E-state index in [0.29, 0.717) is 18.3 Å². The summed E-state index contributed by atoms with van der Waals surface area (Å²) in [5, 5.41) is 14.8. The van der Waals surface area contributed by atoms with Crippen molar-refractivity contribution in [2.45, 2.75) is 38.5 Å². The number of aliphatic carboxylic acids is 1. The largest absolute Gasteiger partial charge is 0.479 e. The van der Waals surface area contributed by atoms with Gasteiger partial charge in [-0.2, -0.15) is 0 Å². The Balaban J connectivity index is 1.96. The van der Waals surface area contributed by atoms with Gasteiger partial charge < -0.3 is 15.2 Å². The second-order valence-electron chi connectivity index (χ2n) is 5.52. The molecule has 1 fully saturated rings. The van der Waals surface area contributed by atoms with E-state index in [1.54, 1.807) is 6.92 Å². The lowest BCUT2D eigenvalue weighted by Crippen LogP contribution is -2.24. The minimum Gasteiger partial charge on any atom is -0.479 e. The molecule has 110 valence electrons. The first-order valence-corrected chi connectivity index (χ1v) is 7.28. The van der Waals surface area contributed by atoms with Crippen LogP contribution in [0.4, 0.5) is 0 Å². The predicted molar refractivity (Wildman–Crippen MR) is 81.5 cm³/mol. The molecule has 0 bridgehead atoms. The third kappa shape index (κ3) is 3.16. The SMILES string of the molecule is CC(Oc1ccc2ccccc2c1CNC1CC1)C(=O)O. The number of carboxylic acid groups (broad SMARTS) is 1. The maximum Gasteiger partial charge on any atom is 0.344 e. The third-order valence-electron chi connectivity index (χ3n) is 3.79. The number of ether oxygens (including phenoxy) is 1. The van der Waals surface area contributed by atoms with Crippen molar-refractivity contribution in [3.8, 4) is 5.75 Å². The summed E-state index contributed by atoms with van der Waals surface area (Å²) in [6.07, 6.45) is 1.57. The molecule has 3 rings (SSSR count). The summed E-state index contributed by atoms with van der Waals surface area (Å²) in [6.45, 7) is 2.25. The quantitative estimate of drug-likeness (QED) is 0.856. The van der Waals surface area contributed by atoms with Gasteiger partial charge in [0.05, 0.1) is 0 Å². The van der Waals surface area contributed by atoms with Gasteiger partial charge >= 0.3 is 5.97 Å². The van der Waals surface area contributed by atoms with Gasteiger partial charge in [-0.05, 0) is 36.6 Å². The molecule has 0 heterocycles. The Hall–Kier alpha value is -2.07. The Morgan fingerprint density at radius 2 is 2.10 bits per heavy atom. The summed E-state index contributed by atoms with van der Waals surface area (Å²) in [7, 11) is 0. The van der Waals surface area contributed by atoms with E-state index in [0.717, 1.165) is 16.3 Å². The molecular formula is C17H19NO3. The number of hydrogen-bond donors (Lipinski definition) is 2. The zero-order valence-electron chi connectivity index (χ0n) is 12.0. The lowest BCUT2D eigenvalue weighted by Gasteiger charge is -2.17. The van der Waals surface area contributed by atoms with Crippen molar-refractivity contribution < 1.29 is 14.6 Å². The molecule has 21 heavy (non-hydrogen) atoms. The number of hydrogen-bond acceptors (Lipinski definition) is 3. The van der Waals surface area contributed by atoms with Crippen molar-refractivity contribution in [2.75, 3.05) is 0 Å². The van der Waals surface area contributed by atoms with Crippen molar-refractivity contribution in [1.29, 1.82) is 0 Å². The van der Waals surface area contributed by atoms with Gasteiger partial charge in [-0.1, -0.05) is 30.3 Å². The lowest BCUT2D eigenvalue weighted by molar-refractivity contribution is -0.144. The van der Waals surface area contributed by atoms with Crippen LogP contribution in [-0.2, 0) is 11.3 Å². The Morgan fingerprint density at radius 3 is 2.81 bits per heavy atom. The van der Waals surface area contributed by atoms with E-state index in [4.69, 9.17) is 9.84 Å². The number of carboxylic acids is 1. The lowest BCUT2D eigenvalue weighted by atomic mass is 10.0. The zero-order chi connectivity index (χ0) is 14.8. The molecule has 0 saturated heterocycles. The van der Waals surface area contributed by atoms with Gasteiger partial charge in [-0.25, -0.2) is 4.79 Å². The van der Waals surface area contributed by atoms with Crippen molar-refractivity contribution >= 4 is 16.7 Å². The van der Waals surface area contributed by atoms with E-state index in [9.17, 15) is 4.79 Å². The molecule has 4 heteroatoms. The third-order valence-corrected chi connectivity index (χ3v) is 3.79. The Morgan fingerprint density at radius 1 is 1.33 bits per heavy atom. The molecule has 0 spiro atoms. The summed E-state index contributed by atoms with van der Waals surface area (Å²) in [5.41, 5.74) is 1.04. The highest BCUT2D eigenvalue weighted by Gasteiger charge is 2.22. The van der Waals surface area contributed by atoms with Gasteiger partial charge in [-0.3, -0.25) is 0 Å². The van der Waals surface area contributed by atoms with Gasteiger partial charge in [0.25, 0.3) is 0 Å². The van der Waals surface area contributed by atoms with E-state index >= 15 is 0 Å². The number of benzene rings is 2. The Bertz CT molecular complexity index is 664. The van der Waals surface area contributed by atoms with E-state index in [-0.39, 0.29) is 0 Å². The van der Waals surface area contributed by atoms with Crippen LogP contribution in [0.5, 0.6) is 5.75 Å². The number of rotatable bonds is 6. The van der Waals surface area contributed by atoms with Gasteiger partial charge in [0.2, 0.25) is 0 Å². The maximum atomic E-state index is 11.0. The average Bonchev–Trinajstić information content (AvgIpc) is 3.30. The van der Waals surface area contributed by atoms with Crippen LogP contribution in [0.1, 0.15) is 25.3 Å². The second kappa shape index (κ2) is 5.74. The van der Waals surface area contributed by atoms with Crippen LogP contribution in [0, 0.1) is 0 Å². The molecule has 0 aromatic heterocycles. The number of nitrogens with one attached hydrogen (secondary N) is 1. The van der Waals surface area contributed by atoms with E-state index in [1.165, 1.54) is 12.8 Å². The summed E-state index contributed by atoms with van der Waals surface area (Å²) in [6, 6.07) is 12.5. The van der Waals surface area contributed by atoms with Crippen molar-refractivity contribution in [1.82, 2.24) is 5.32 Å². The van der Waals surface area contributed by atoms with Crippen molar-refractivity contribution in [3.63, 3.8) is 0 Å². The molecule has 1 saturated carbocycles. The minimum absolute atomic E-state index is 0.591. The number of fused-ring (bicyclic) bond motifs is 1. The first-order valence-electron chi connectivity index (χ1n) is 7.28. The Kier molecular flexibility index (Phi) is 3.80. The first-order chi connectivity index (χ1) is 10.1. The number of carbonyl (C=O) groups is 1. The molecule has 0 aliphatic heterocycles. The van der Waals surface area contributed by atoms with Gasteiger partial charge in [0.1, 0.15) is 5.75 Å². The summed E-state index contributed by atoms with van der Waals surface area (Å²) in [5.74, 6) is -0.305. The van der Waals surface area contributed by atoms with E-state index in [2.05, 4.69) is 17.4 Å². The molecule has 0 radical (unpaired) electrons. The molecule has 1 unspecified atom stereocenters. The first kappa shape index (κ1) is 13.9. The fourth-order valence-electron chi connectivity index (χ4n) is 2.38. The zero-order valence-corrected chi connectivity index (χ0v) is 12.0. The monoisotopic (exact) mass is 285 g/mol. The predicted octanol–water partition coefficient (Wildman–Crippen LogP) is 2.94. The summed E-state index contributed by atoms with van der Waals surface area (Å²) < 4.78 is 5.63. The van der Waals surface area contributed by atoms with Crippen LogP contribution in [-0.4, -0.2) is 23.2 Å². The second-order valence-corrected chi connectivity index (χ2v) is 5.52. The molecule has 2 aromatic carbocycles. The maximum absolute atomic E-state index is 11.0. The smallest absolute Gasteiger partial charge is 0.344 e. The molecule has 2 aromatic rings. The fraction of sp³-hybridized carbons (Fsp3) is 0.353. The van der Waals surface area contributed by atoms with Gasteiger partial charge in [-0.15, -0.1) is 0 Å². The standard InChI is InChI=1S/C17H19NO3/c1-11(17(19)20)21-16-9-6-12-4-2-3-5-14(12)15(16)10-18-13-7-8-13/h2-6,9,11,13,18H,7-8,10H2,1H3,(H,19,20). The molecular weight excluding hydrogens is 266 g/mol. The Labute approximate surface area is 123 Å². The summed E-state index contributed by atoms with van der Waals surface area (Å²) in [4.78, 5) is 11.0. The molecule has 1 aliphatic carbocycles. The van der Waals surface area contributed by atoms with E-state index < -0.39 is 12.1 Å². The molecule has 1 aliphatic rings. The van der Waals surface area contributed by atoms with Gasteiger partial charge in [0.15, 0.2) is 6.10 Å². The van der Waals surface area contributed by atoms with Crippen molar-refractivity contribution in [3.05, 3.63) is 42.0 Å². The van der Waals surface area contributed by atoms with Gasteiger partial charge in [0, 0.05) is 18.2 Å². The van der Waals surface area contributed by atoms with Crippen molar-refractivity contribution in [2.24, 2.45) is 0 Å². The van der Waals surface area contributed by atoms with Crippen LogP contribution >= 0.6 is 0 Å².